The fourth-order valence-corrected chi connectivity index (χ4v) is 4.60. The molecular formula is C26H30N2O5. The SMILES string of the molecule is [C-]#[N+]C1(c2ccc(OC)c(OCOC)c2)CCN(C2(C(=O)OCc3ccccc3)CC2)CC1. The van der Waals surface area contributed by atoms with Gasteiger partial charge in [-0.2, -0.15) is 0 Å². The standard InChI is InChI=1S/C26H30N2O5/c1-27-25(21-9-10-22(31-3)23(17-21)33-19-30-2)13-15-28(16-14-25)26(11-12-26)24(29)32-18-20-7-5-4-6-8-20/h4-10,17H,11-16,18-19H2,2-3H3. The number of methoxy groups -OCH3 is 2. The molecule has 1 aliphatic carbocycles. The van der Waals surface area contributed by atoms with Gasteiger partial charge in [-0.15, -0.1) is 0 Å². The summed E-state index contributed by atoms with van der Waals surface area (Å²) in [6.07, 6.45) is 2.90. The van der Waals surface area contributed by atoms with E-state index in [-0.39, 0.29) is 19.4 Å². The second kappa shape index (κ2) is 9.82. The lowest BCUT2D eigenvalue weighted by atomic mass is 9.81. The molecule has 0 bridgehead atoms. The zero-order valence-corrected chi connectivity index (χ0v) is 19.2. The van der Waals surface area contributed by atoms with Gasteiger partial charge < -0.3 is 23.8 Å². The van der Waals surface area contributed by atoms with Crippen molar-refractivity contribution in [3.05, 3.63) is 71.1 Å². The van der Waals surface area contributed by atoms with Crippen LogP contribution in [-0.2, 0) is 26.4 Å². The predicted molar refractivity (Wildman–Crippen MR) is 123 cm³/mol. The summed E-state index contributed by atoms with van der Waals surface area (Å²) in [5.41, 5.74) is 0.701. The van der Waals surface area contributed by atoms with E-state index in [4.69, 9.17) is 25.5 Å². The van der Waals surface area contributed by atoms with E-state index in [0.717, 1.165) is 24.0 Å². The van der Waals surface area contributed by atoms with Crippen molar-refractivity contribution < 1.29 is 23.7 Å². The number of benzene rings is 2. The van der Waals surface area contributed by atoms with Crippen LogP contribution in [0, 0.1) is 6.57 Å². The summed E-state index contributed by atoms with van der Waals surface area (Å²) in [5.74, 6) is 1.01. The van der Waals surface area contributed by atoms with Crippen LogP contribution in [0.3, 0.4) is 0 Å². The molecule has 0 N–H and O–H groups in total. The molecule has 0 amide bonds. The van der Waals surface area contributed by atoms with Gasteiger partial charge in [0.2, 0.25) is 0 Å². The van der Waals surface area contributed by atoms with Crippen molar-refractivity contribution in [2.75, 3.05) is 34.1 Å². The van der Waals surface area contributed by atoms with Gasteiger partial charge in [0.05, 0.1) is 7.11 Å². The fourth-order valence-electron chi connectivity index (χ4n) is 4.60. The maximum Gasteiger partial charge on any atom is 0.326 e. The first-order chi connectivity index (χ1) is 16.1. The minimum absolute atomic E-state index is 0.103. The maximum atomic E-state index is 12.9. The number of rotatable bonds is 9. The molecule has 2 fully saturated rings. The lowest BCUT2D eigenvalue weighted by Gasteiger charge is -2.38. The number of esters is 1. The number of carbonyl (C=O) groups excluding carboxylic acids is 1. The number of piperidine rings is 1. The number of nitrogens with zero attached hydrogens (tertiary/aromatic N) is 2. The Morgan fingerprint density at radius 2 is 1.76 bits per heavy atom. The highest BCUT2D eigenvalue weighted by Crippen LogP contribution is 2.48. The Morgan fingerprint density at radius 3 is 2.36 bits per heavy atom. The topological polar surface area (TPSA) is 61.6 Å². The summed E-state index contributed by atoms with van der Waals surface area (Å²) in [6.45, 7) is 9.72. The first-order valence-corrected chi connectivity index (χ1v) is 11.2. The molecule has 0 aromatic heterocycles. The Morgan fingerprint density at radius 1 is 1.03 bits per heavy atom. The van der Waals surface area contributed by atoms with Gasteiger partial charge in [-0.05, 0) is 36.6 Å². The lowest BCUT2D eigenvalue weighted by molar-refractivity contribution is -0.154. The fraction of sp³-hybridized carbons (Fsp3) is 0.462. The molecule has 4 rings (SSSR count). The van der Waals surface area contributed by atoms with Crippen LogP contribution in [0.1, 0.15) is 36.8 Å². The van der Waals surface area contributed by atoms with Crippen molar-refractivity contribution in [2.24, 2.45) is 0 Å². The average Bonchev–Trinajstić information content (AvgIpc) is 3.68. The Hall–Kier alpha value is -3.08. The highest BCUT2D eigenvalue weighted by molar-refractivity contribution is 5.84. The average molecular weight is 451 g/mol. The van der Waals surface area contributed by atoms with Crippen LogP contribution in [0.25, 0.3) is 4.85 Å². The summed E-state index contributed by atoms with van der Waals surface area (Å²) >= 11 is 0. The Balaban J connectivity index is 1.43. The predicted octanol–water partition coefficient (Wildman–Crippen LogP) is 4.16. The third-order valence-electron chi connectivity index (χ3n) is 6.76. The molecule has 1 saturated heterocycles. The molecule has 33 heavy (non-hydrogen) atoms. The zero-order chi connectivity index (χ0) is 23.3. The summed E-state index contributed by atoms with van der Waals surface area (Å²) in [4.78, 5) is 19.2. The van der Waals surface area contributed by atoms with Crippen LogP contribution < -0.4 is 9.47 Å². The highest BCUT2D eigenvalue weighted by Gasteiger charge is 2.58. The maximum absolute atomic E-state index is 12.9. The minimum Gasteiger partial charge on any atom is -0.493 e. The van der Waals surface area contributed by atoms with Crippen LogP contribution >= 0.6 is 0 Å². The Bertz CT molecular complexity index is 1010. The van der Waals surface area contributed by atoms with Crippen molar-refractivity contribution in [1.29, 1.82) is 0 Å². The zero-order valence-electron chi connectivity index (χ0n) is 19.2. The summed E-state index contributed by atoms with van der Waals surface area (Å²) in [6, 6.07) is 15.4. The molecule has 0 unspecified atom stereocenters. The molecule has 1 heterocycles. The third kappa shape index (κ3) is 4.68. The molecule has 1 saturated carbocycles. The van der Waals surface area contributed by atoms with Gasteiger partial charge in [0.1, 0.15) is 12.1 Å². The molecule has 0 radical (unpaired) electrons. The molecule has 0 spiro atoms. The summed E-state index contributed by atoms with van der Waals surface area (Å²) in [7, 11) is 3.15. The Labute approximate surface area is 195 Å². The first-order valence-electron chi connectivity index (χ1n) is 11.2. The van der Waals surface area contributed by atoms with Gasteiger partial charge in [-0.25, -0.2) is 6.57 Å². The van der Waals surface area contributed by atoms with E-state index >= 15 is 0 Å². The van der Waals surface area contributed by atoms with Gasteiger partial charge in [0, 0.05) is 38.6 Å². The third-order valence-corrected chi connectivity index (χ3v) is 6.76. The highest BCUT2D eigenvalue weighted by atomic mass is 16.7. The van der Waals surface area contributed by atoms with Gasteiger partial charge in [0.25, 0.3) is 5.54 Å². The van der Waals surface area contributed by atoms with Crippen molar-refractivity contribution >= 4 is 5.97 Å². The van der Waals surface area contributed by atoms with Gasteiger partial charge in [0.15, 0.2) is 18.3 Å². The molecule has 1 aliphatic heterocycles. The van der Waals surface area contributed by atoms with Gasteiger partial charge in [-0.3, -0.25) is 9.69 Å². The number of ether oxygens (including phenoxy) is 4. The van der Waals surface area contributed by atoms with Crippen molar-refractivity contribution in [1.82, 2.24) is 4.90 Å². The van der Waals surface area contributed by atoms with E-state index in [1.54, 1.807) is 14.2 Å². The number of carbonyl (C=O) groups is 1. The quantitative estimate of drug-likeness (QED) is 0.325. The van der Waals surface area contributed by atoms with Crippen LogP contribution in [0.4, 0.5) is 0 Å². The summed E-state index contributed by atoms with van der Waals surface area (Å²) in [5, 5.41) is 0. The minimum atomic E-state index is -0.655. The largest absolute Gasteiger partial charge is 0.493 e. The monoisotopic (exact) mass is 450 g/mol. The molecular weight excluding hydrogens is 420 g/mol. The molecule has 174 valence electrons. The normalized spacial score (nSPS) is 18.7. The van der Waals surface area contributed by atoms with E-state index in [1.165, 1.54) is 0 Å². The van der Waals surface area contributed by atoms with Crippen molar-refractivity contribution in [2.45, 2.75) is 43.4 Å². The van der Waals surface area contributed by atoms with Gasteiger partial charge >= 0.3 is 5.97 Å². The summed E-state index contributed by atoms with van der Waals surface area (Å²) < 4.78 is 21.7. The molecule has 7 heteroatoms. The van der Waals surface area contributed by atoms with Crippen LogP contribution in [-0.4, -0.2) is 50.5 Å². The van der Waals surface area contributed by atoms with Crippen LogP contribution in [0.15, 0.2) is 48.5 Å². The van der Waals surface area contributed by atoms with E-state index in [0.29, 0.717) is 37.4 Å². The van der Waals surface area contributed by atoms with Crippen LogP contribution in [0.2, 0.25) is 0 Å². The van der Waals surface area contributed by atoms with E-state index in [1.807, 2.05) is 48.5 Å². The lowest BCUT2D eigenvalue weighted by Crippen LogP contribution is -2.51. The smallest absolute Gasteiger partial charge is 0.326 e. The molecule has 2 aromatic carbocycles. The van der Waals surface area contributed by atoms with Crippen molar-refractivity contribution in [3.63, 3.8) is 0 Å². The van der Waals surface area contributed by atoms with Crippen molar-refractivity contribution in [3.8, 4) is 11.5 Å². The number of likely N-dealkylation sites (tertiary alicyclic amines) is 1. The first kappa shape index (κ1) is 23.1. The number of hydrogen-bond donors (Lipinski definition) is 0. The van der Waals surface area contributed by atoms with E-state index in [2.05, 4.69) is 9.74 Å². The molecule has 7 nitrogen and oxygen atoms in total. The Kier molecular flexibility index (Phi) is 6.87. The molecule has 2 aliphatic rings. The number of hydrogen-bond acceptors (Lipinski definition) is 6. The van der Waals surface area contributed by atoms with Crippen LogP contribution in [0.5, 0.6) is 11.5 Å². The van der Waals surface area contributed by atoms with E-state index < -0.39 is 11.1 Å². The second-order valence-electron chi connectivity index (χ2n) is 8.64. The molecule has 0 atom stereocenters. The van der Waals surface area contributed by atoms with E-state index in [9.17, 15) is 4.79 Å². The second-order valence-corrected chi connectivity index (χ2v) is 8.64. The van der Waals surface area contributed by atoms with Gasteiger partial charge in [-0.1, -0.05) is 30.3 Å². The molecule has 2 aromatic rings.